The van der Waals surface area contributed by atoms with Crippen LogP contribution in [0.4, 0.5) is 0 Å². The van der Waals surface area contributed by atoms with Crippen LogP contribution in [-0.2, 0) is 4.79 Å². The number of rotatable bonds is 6. The number of hydrogen-bond donors (Lipinski definition) is 1. The summed E-state index contributed by atoms with van der Waals surface area (Å²) in [6.07, 6.45) is 5.16. The van der Waals surface area contributed by atoms with E-state index >= 15 is 0 Å². The highest BCUT2D eigenvalue weighted by Crippen LogP contribution is 2.25. The maximum atomic E-state index is 12.6. The molecule has 1 aromatic carbocycles. The van der Waals surface area contributed by atoms with Crippen LogP contribution < -0.4 is 14.8 Å². The number of nitrogens with one attached hydrogen (secondary N) is 1. The van der Waals surface area contributed by atoms with Gasteiger partial charge in [-0.15, -0.1) is 0 Å². The Morgan fingerprint density at radius 2 is 2.04 bits per heavy atom. The summed E-state index contributed by atoms with van der Waals surface area (Å²) < 4.78 is 10.6. The van der Waals surface area contributed by atoms with Gasteiger partial charge in [0.25, 0.3) is 5.91 Å². The highest BCUT2D eigenvalue weighted by Gasteiger charge is 2.27. The first-order valence-electron chi connectivity index (χ1n) is 8.37. The van der Waals surface area contributed by atoms with Crippen LogP contribution in [0.15, 0.2) is 24.3 Å². The van der Waals surface area contributed by atoms with Crippen LogP contribution >= 0.6 is 12.2 Å². The Bertz CT molecular complexity index is 648. The molecule has 0 atom stereocenters. The maximum Gasteiger partial charge on any atom is 0.265 e. The van der Waals surface area contributed by atoms with E-state index in [1.165, 1.54) is 6.08 Å². The van der Waals surface area contributed by atoms with E-state index in [1.807, 2.05) is 23.2 Å². The standard InChI is InChI=1S/C18H25N3O3S/c1-4-10-19-18(25)21-12-5-11-20(21)17(22)9-6-14-13-15(23-2)7-8-16(14)24-3/h6-9,13H,4-5,10-12H2,1-3H3,(H,19,25). The van der Waals surface area contributed by atoms with Crippen molar-refractivity contribution in [3.63, 3.8) is 0 Å². The summed E-state index contributed by atoms with van der Waals surface area (Å²) in [5.74, 6) is 1.28. The molecule has 6 nitrogen and oxygen atoms in total. The zero-order valence-electron chi connectivity index (χ0n) is 14.9. The van der Waals surface area contributed by atoms with Gasteiger partial charge in [0.1, 0.15) is 11.5 Å². The number of methoxy groups -OCH3 is 2. The molecule has 1 aliphatic rings. The van der Waals surface area contributed by atoms with Gasteiger partial charge in [0.15, 0.2) is 5.11 Å². The molecule has 1 aliphatic heterocycles. The summed E-state index contributed by atoms with van der Waals surface area (Å²) in [6, 6.07) is 5.46. The van der Waals surface area contributed by atoms with E-state index in [0.717, 1.165) is 31.5 Å². The predicted molar refractivity (Wildman–Crippen MR) is 103 cm³/mol. The van der Waals surface area contributed by atoms with E-state index in [-0.39, 0.29) is 5.91 Å². The number of amides is 1. The third-order valence-corrected chi connectivity index (χ3v) is 4.24. The summed E-state index contributed by atoms with van der Waals surface area (Å²) in [4.78, 5) is 12.6. The van der Waals surface area contributed by atoms with Crippen LogP contribution in [0.3, 0.4) is 0 Å². The van der Waals surface area contributed by atoms with E-state index in [1.54, 1.807) is 25.3 Å². The van der Waals surface area contributed by atoms with Crippen LogP contribution in [0.25, 0.3) is 6.08 Å². The Labute approximate surface area is 154 Å². The molecular weight excluding hydrogens is 338 g/mol. The van der Waals surface area contributed by atoms with E-state index in [0.29, 0.717) is 23.2 Å². The van der Waals surface area contributed by atoms with Gasteiger partial charge in [0.2, 0.25) is 0 Å². The van der Waals surface area contributed by atoms with Gasteiger partial charge in [-0.05, 0) is 49.3 Å². The highest BCUT2D eigenvalue weighted by atomic mass is 32.1. The molecule has 0 bridgehead atoms. The second-order valence-corrected chi connectivity index (χ2v) is 6.00. The zero-order chi connectivity index (χ0) is 18.2. The molecule has 0 aromatic heterocycles. The summed E-state index contributed by atoms with van der Waals surface area (Å²) in [7, 11) is 3.20. The lowest BCUT2D eigenvalue weighted by Crippen LogP contribution is -2.48. The molecule has 1 fully saturated rings. The smallest absolute Gasteiger partial charge is 0.265 e. The summed E-state index contributed by atoms with van der Waals surface area (Å²) in [6.45, 7) is 4.28. The van der Waals surface area contributed by atoms with E-state index in [4.69, 9.17) is 21.7 Å². The van der Waals surface area contributed by atoms with Crippen LogP contribution in [0, 0.1) is 0 Å². The van der Waals surface area contributed by atoms with Crippen molar-refractivity contribution in [2.75, 3.05) is 33.9 Å². The lowest BCUT2D eigenvalue weighted by atomic mass is 10.1. The Hall–Kier alpha value is -2.28. The lowest BCUT2D eigenvalue weighted by molar-refractivity contribution is -0.133. The number of benzene rings is 1. The van der Waals surface area contributed by atoms with Crippen molar-refractivity contribution < 1.29 is 14.3 Å². The fourth-order valence-electron chi connectivity index (χ4n) is 2.59. The van der Waals surface area contributed by atoms with Gasteiger partial charge in [-0.3, -0.25) is 9.80 Å². The normalized spacial score (nSPS) is 14.0. The molecular formula is C18H25N3O3S. The average Bonchev–Trinajstić information content (AvgIpc) is 3.13. The van der Waals surface area contributed by atoms with Crippen molar-refractivity contribution in [2.24, 2.45) is 0 Å². The molecule has 7 heteroatoms. The first kappa shape index (κ1) is 19.1. The molecule has 0 unspecified atom stereocenters. The molecule has 1 saturated heterocycles. The van der Waals surface area contributed by atoms with Crippen molar-refractivity contribution in [2.45, 2.75) is 19.8 Å². The Morgan fingerprint density at radius 3 is 2.72 bits per heavy atom. The highest BCUT2D eigenvalue weighted by molar-refractivity contribution is 7.80. The van der Waals surface area contributed by atoms with E-state index in [2.05, 4.69) is 12.2 Å². The number of hydrogen-bond acceptors (Lipinski definition) is 4. The number of nitrogens with zero attached hydrogens (tertiary/aromatic N) is 2. The fraction of sp³-hybridized carbons (Fsp3) is 0.444. The minimum Gasteiger partial charge on any atom is -0.497 e. The molecule has 0 radical (unpaired) electrons. The molecule has 0 saturated carbocycles. The zero-order valence-corrected chi connectivity index (χ0v) is 15.8. The van der Waals surface area contributed by atoms with Crippen LogP contribution in [-0.4, -0.2) is 54.9 Å². The Kier molecular flexibility index (Phi) is 7.06. The molecule has 0 spiro atoms. The molecule has 25 heavy (non-hydrogen) atoms. The second-order valence-electron chi connectivity index (χ2n) is 5.61. The molecule has 2 rings (SSSR count). The summed E-state index contributed by atoms with van der Waals surface area (Å²) >= 11 is 5.39. The molecule has 0 aliphatic carbocycles. The van der Waals surface area contributed by atoms with Gasteiger partial charge >= 0.3 is 0 Å². The largest absolute Gasteiger partial charge is 0.497 e. The van der Waals surface area contributed by atoms with Crippen LogP contribution in [0.2, 0.25) is 0 Å². The van der Waals surface area contributed by atoms with Crippen LogP contribution in [0.1, 0.15) is 25.3 Å². The SMILES string of the molecule is CCCNC(=S)N1CCCN1C(=O)C=Cc1cc(OC)ccc1OC. The first-order chi connectivity index (χ1) is 12.1. The molecule has 136 valence electrons. The first-order valence-corrected chi connectivity index (χ1v) is 8.78. The lowest BCUT2D eigenvalue weighted by Gasteiger charge is -2.29. The van der Waals surface area contributed by atoms with Gasteiger partial charge < -0.3 is 14.8 Å². The summed E-state index contributed by atoms with van der Waals surface area (Å²) in [5, 5.41) is 7.27. The van der Waals surface area contributed by atoms with Crippen molar-refractivity contribution >= 4 is 29.3 Å². The van der Waals surface area contributed by atoms with Crippen molar-refractivity contribution in [3.8, 4) is 11.5 Å². The molecule has 1 amide bonds. The third kappa shape index (κ3) is 4.85. The van der Waals surface area contributed by atoms with Gasteiger partial charge in [-0.25, -0.2) is 5.01 Å². The monoisotopic (exact) mass is 363 g/mol. The number of ether oxygens (including phenoxy) is 2. The average molecular weight is 363 g/mol. The molecule has 1 N–H and O–H groups in total. The fourth-order valence-corrected chi connectivity index (χ4v) is 2.88. The number of carbonyl (C=O) groups is 1. The minimum atomic E-state index is -0.108. The Morgan fingerprint density at radius 1 is 1.28 bits per heavy atom. The van der Waals surface area contributed by atoms with E-state index < -0.39 is 0 Å². The third-order valence-electron chi connectivity index (χ3n) is 3.89. The van der Waals surface area contributed by atoms with Crippen molar-refractivity contribution in [1.29, 1.82) is 0 Å². The van der Waals surface area contributed by atoms with Gasteiger partial charge in [0.05, 0.1) is 14.2 Å². The summed E-state index contributed by atoms with van der Waals surface area (Å²) in [5.41, 5.74) is 0.785. The Balaban J connectivity index is 2.10. The number of hydrazine groups is 1. The van der Waals surface area contributed by atoms with Gasteiger partial charge in [-0.2, -0.15) is 0 Å². The van der Waals surface area contributed by atoms with E-state index in [9.17, 15) is 4.79 Å². The number of thiocarbonyl (C=S) groups is 1. The van der Waals surface area contributed by atoms with Crippen molar-refractivity contribution in [1.82, 2.24) is 15.3 Å². The van der Waals surface area contributed by atoms with Crippen LogP contribution in [0.5, 0.6) is 11.5 Å². The molecule has 1 aromatic rings. The molecule has 1 heterocycles. The maximum absolute atomic E-state index is 12.6. The second kappa shape index (κ2) is 9.27. The quantitative estimate of drug-likeness (QED) is 0.619. The number of carbonyl (C=O) groups excluding carboxylic acids is 1. The topological polar surface area (TPSA) is 54.0 Å². The minimum absolute atomic E-state index is 0.108. The van der Waals surface area contributed by atoms with Crippen molar-refractivity contribution in [3.05, 3.63) is 29.8 Å². The van der Waals surface area contributed by atoms with Gasteiger partial charge in [-0.1, -0.05) is 6.92 Å². The van der Waals surface area contributed by atoms with Gasteiger partial charge in [0, 0.05) is 31.3 Å². The predicted octanol–water partition coefficient (Wildman–Crippen LogP) is 2.45.